The van der Waals surface area contributed by atoms with E-state index in [0.717, 1.165) is 5.56 Å². The summed E-state index contributed by atoms with van der Waals surface area (Å²) in [6, 6.07) is 18.2. The zero-order chi connectivity index (χ0) is 22.1. The Balaban J connectivity index is 1.38. The van der Waals surface area contributed by atoms with Gasteiger partial charge in [0.25, 0.3) is 5.91 Å². The number of nitrogens with one attached hydrogen (secondary N) is 2. The molecule has 1 aromatic heterocycles. The molecule has 1 heterocycles. The van der Waals surface area contributed by atoms with Gasteiger partial charge in [-0.3, -0.25) is 9.59 Å². The molecule has 31 heavy (non-hydrogen) atoms. The number of ether oxygens (including phenoxy) is 1. The van der Waals surface area contributed by atoms with Crippen LogP contribution < -0.4 is 10.6 Å². The van der Waals surface area contributed by atoms with E-state index in [4.69, 9.17) is 4.74 Å². The maximum Gasteiger partial charge on any atom is 0.338 e. The quantitative estimate of drug-likeness (QED) is 0.389. The Labute approximate surface area is 185 Å². The van der Waals surface area contributed by atoms with Crippen LogP contribution in [0.3, 0.4) is 0 Å². The van der Waals surface area contributed by atoms with Crippen LogP contribution in [0.25, 0.3) is 0 Å². The van der Waals surface area contributed by atoms with Crippen molar-refractivity contribution < 1.29 is 19.1 Å². The molecule has 0 saturated carbocycles. The normalized spacial score (nSPS) is 10.4. The van der Waals surface area contributed by atoms with Crippen LogP contribution in [0.5, 0.6) is 0 Å². The topological polar surface area (TPSA) is 84.5 Å². The summed E-state index contributed by atoms with van der Waals surface area (Å²) < 4.78 is 5.22. The third-order valence-corrected chi connectivity index (χ3v) is 5.39. The van der Waals surface area contributed by atoms with Gasteiger partial charge in [0.05, 0.1) is 17.0 Å². The first kappa shape index (κ1) is 22.2. The van der Waals surface area contributed by atoms with Gasteiger partial charge in [-0.15, -0.1) is 11.3 Å². The van der Waals surface area contributed by atoms with Gasteiger partial charge in [0, 0.05) is 12.1 Å². The maximum atomic E-state index is 12.2. The number of benzene rings is 2. The number of esters is 1. The van der Waals surface area contributed by atoms with Gasteiger partial charge in [0.2, 0.25) is 5.91 Å². The average molecular weight is 437 g/mol. The summed E-state index contributed by atoms with van der Waals surface area (Å²) in [5.41, 5.74) is 3.13. The van der Waals surface area contributed by atoms with Crippen LogP contribution in [0.4, 0.5) is 5.69 Å². The zero-order valence-electron chi connectivity index (χ0n) is 17.2. The van der Waals surface area contributed by atoms with Gasteiger partial charge in [-0.05, 0) is 48.6 Å². The molecule has 6 nitrogen and oxygen atoms in total. The van der Waals surface area contributed by atoms with Gasteiger partial charge in [-0.2, -0.15) is 0 Å². The fourth-order valence-electron chi connectivity index (χ4n) is 2.84. The van der Waals surface area contributed by atoms with Crippen molar-refractivity contribution in [3.05, 3.63) is 87.6 Å². The van der Waals surface area contributed by atoms with Crippen LogP contribution in [0, 0.1) is 6.92 Å². The fraction of sp³-hybridized carbons (Fsp3) is 0.208. The molecule has 0 unspecified atom stereocenters. The molecule has 0 radical (unpaired) electrons. The first-order valence-corrected chi connectivity index (χ1v) is 10.8. The molecule has 0 bridgehead atoms. The smallest absolute Gasteiger partial charge is 0.338 e. The Hall–Kier alpha value is -3.45. The first-order chi connectivity index (χ1) is 15.0. The fourth-order valence-corrected chi connectivity index (χ4v) is 3.46. The molecule has 0 aliphatic heterocycles. The molecule has 160 valence electrons. The van der Waals surface area contributed by atoms with Gasteiger partial charge < -0.3 is 15.4 Å². The third-order valence-electron chi connectivity index (χ3n) is 4.52. The third kappa shape index (κ3) is 7.08. The van der Waals surface area contributed by atoms with Gasteiger partial charge >= 0.3 is 5.97 Å². The molecule has 2 amide bonds. The number of rotatable bonds is 9. The van der Waals surface area contributed by atoms with Crippen LogP contribution in [0.1, 0.15) is 37.6 Å². The van der Waals surface area contributed by atoms with Crippen molar-refractivity contribution in [2.75, 3.05) is 18.5 Å². The highest BCUT2D eigenvalue weighted by Gasteiger charge is 2.11. The lowest BCUT2D eigenvalue weighted by atomic mass is 10.1. The van der Waals surface area contributed by atoms with Gasteiger partial charge in [0.1, 0.15) is 6.61 Å². The van der Waals surface area contributed by atoms with E-state index >= 15 is 0 Å². The Morgan fingerprint density at radius 3 is 2.55 bits per heavy atom. The van der Waals surface area contributed by atoms with E-state index in [1.165, 1.54) is 16.9 Å². The predicted molar refractivity (Wildman–Crippen MR) is 122 cm³/mol. The summed E-state index contributed by atoms with van der Waals surface area (Å²) in [7, 11) is 0. The van der Waals surface area contributed by atoms with Gasteiger partial charge in [-0.1, -0.05) is 42.0 Å². The van der Waals surface area contributed by atoms with Gasteiger partial charge in [0.15, 0.2) is 0 Å². The van der Waals surface area contributed by atoms with Crippen molar-refractivity contribution in [3.63, 3.8) is 0 Å². The summed E-state index contributed by atoms with van der Waals surface area (Å²) in [6.07, 6.45) is 1.04. The minimum Gasteiger partial charge on any atom is -0.460 e. The Kier molecular flexibility index (Phi) is 7.95. The molecule has 0 spiro atoms. The predicted octanol–water partition coefficient (Wildman–Crippen LogP) is 4.21. The first-order valence-electron chi connectivity index (χ1n) is 9.95. The van der Waals surface area contributed by atoms with E-state index < -0.39 is 5.97 Å². The SMILES string of the molecule is Cc1ccc(CCC(=O)NCCOC(=O)c2cccc(NC(=O)c3cccs3)c2)cc1. The molecule has 0 aliphatic rings. The minimum atomic E-state index is -0.513. The lowest BCUT2D eigenvalue weighted by Gasteiger charge is -2.09. The van der Waals surface area contributed by atoms with Crippen LogP contribution in [-0.4, -0.2) is 30.9 Å². The summed E-state index contributed by atoms with van der Waals surface area (Å²) in [5.74, 6) is -0.829. The van der Waals surface area contributed by atoms with E-state index in [1.807, 2.05) is 36.6 Å². The summed E-state index contributed by atoms with van der Waals surface area (Å²) >= 11 is 1.34. The van der Waals surface area contributed by atoms with Crippen molar-refractivity contribution in [3.8, 4) is 0 Å². The second kappa shape index (κ2) is 11.1. The number of thiophene rings is 1. The molecule has 3 aromatic rings. The maximum absolute atomic E-state index is 12.2. The van der Waals surface area contributed by atoms with E-state index in [-0.39, 0.29) is 25.0 Å². The number of amides is 2. The zero-order valence-corrected chi connectivity index (χ0v) is 18.0. The summed E-state index contributed by atoms with van der Waals surface area (Å²) in [5, 5.41) is 7.33. The minimum absolute atomic E-state index is 0.0703. The van der Waals surface area contributed by atoms with E-state index in [0.29, 0.717) is 29.0 Å². The number of anilines is 1. The van der Waals surface area contributed by atoms with E-state index in [2.05, 4.69) is 10.6 Å². The summed E-state index contributed by atoms with van der Waals surface area (Å²) in [4.78, 5) is 36.9. The number of hydrogen-bond acceptors (Lipinski definition) is 5. The largest absolute Gasteiger partial charge is 0.460 e. The van der Waals surface area contributed by atoms with Crippen molar-refractivity contribution in [2.24, 2.45) is 0 Å². The number of hydrogen-bond donors (Lipinski definition) is 2. The van der Waals surface area contributed by atoms with Crippen LogP contribution in [-0.2, 0) is 16.0 Å². The highest BCUT2D eigenvalue weighted by molar-refractivity contribution is 7.12. The highest BCUT2D eigenvalue weighted by Crippen LogP contribution is 2.15. The van der Waals surface area contributed by atoms with Crippen LogP contribution in [0.2, 0.25) is 0 Å². The van der Waals surface area contributed by atoms with Crippen molar-refractivity contribution >= 4 is 34.8 Å². The number of carbonyl (C=O) groups is 3. The second-order valence-corrected chi connectivity index (χ2v) is 7.93. The lowest BCUT2D eigenvalue weighted by molar-refractivity contribution is -0.121. The molecule has 0 atom stereocenters. The van der Waals surface area contributed by atoms with Crippen molar-refractivity contribution in [1.29, 1.82) is 0 Å². The average Bonchev–Trinajstić information content (AvgIpc) is 3.31. The Bertz CT molecular complexity index is 1030. The molecule has 0 saturated heterocycles. The summed E-state index contributed by atoms with van der Waals surface area (Å²) in [6.45, 7) is 2.34. The molecule has 2 N–H and O–H groups in total. The number of aryl methyl sites for hydroxylation is 2. The highest BCUT2D eigenvalue weighted by atomic mass is 32.1. The molecule has 7 heteroatoms. The Morgan fingerprint density at radius 2 is 1.81 bits per heavy atom. The van der Waals surface area contributed by atoms with Crippen molar-refractivity contribution in [2.45, 2.75) is 19.8 Å². The monoisotopic (exact) mass is 436 g/mol. The standard InChI is InChI=1S/C24H24N2O4S/c1-17-7-9-18(10-8-17)11-12-22(27)25-13-14-30-24(29)19-4-2-5-20(16-19)26-23(28)21-6-3-15-31-21/h2-10,15-16H,11-14H2,1H3,(H,25,27)(H,26,28). The lowest BCUT2D eigenvalue weighted by Crippen LogP contribution is -2.28. The Morgan fingerprint density at radius 1 is 1.00 bits per heavy atom. The molecular weight excluding hydrogens is 412 g/mol. The number of carbonyl (C=O) groups excluding carboxylic acids is 3. The molecule has 3 rings (SSSR count). The van der Waals surface area contributed by atoms with Crippen molar-refractivity contribution in [1.82, 2.24) is 5.32 Å². The van der Waals surface area contributed by atoms with E-state index in [9.17, 15) is 14.4 Å². The molecule has 2 aromatic carbocycles. The molecule has 0 aliphatic carbocycles. The van der Waals surface area contributed by atoms with E-state index in [1.54, 1.807) is 36.4 Å². The molecular formula is C24H24N2O4S. The van der Waals surface area contributed by atoms with Crippen LogP contribution in [0.15, 0.2) is 66.0 Å². The van der Waals surface area contributed by atoms with Gasteiger partial charge in [-0.25, -0.2) is 4.79 Å². The molecule has 0 fully saturated rings. The second-order valence-electron chi connectivity index (χ2n) is 6.98. The van der Waals surface area contributed by atoms with Crippen LogP contribution >= 0.6 is 11.3 Å².